The molecule has 2 fully saturated rings. The molecule has 4 atom stereocenters. The van der Waals surface area contributed by atoms with Crippen LogP contribution in [-0.4, -0.2) is 77.3 Å². The Morgan fingerprint density at radius 3 is 2.84 bits per heavy atom. The van der Waals surface area contributed by atoms with Crippen LogP contribution in [0, 0.1) is 11.8 Å². The number of aliphatic hydroxyl groups excluding tert-OH is 1. The van der Waals surface area contributed by atoms with Crippen LogP contribution in [0.1, 0.15) is 45.4 Å². The summed E-state index contributed by atoms with van der Waals surface area (Å²) >= 11 is 3.68. The second kappa shape index (κ2) is 13.9. The summed E-state index contributed by atoms with van der Waals surface area (Å²) < 4.78 is 4.29. The number of hydrogen-bond donors (Lipinski definition) is 4. The molecule has 1 saturated heterocycles. The van der Waals surface area contributed by atoms with Gasteiger partial charge in [0.25, 0.3) is 0 Å². The molecule has 3 rings (SSSR count). The monoisotopic (exact) mass is 484 g/mol. The Balaban J connectivity index is 1.53. The number of amides is 1. The Kier molecular flexibility index (Phi) is 11.3. The molecule has 1 amide bonds. The zero-order chi connectivity index (χ0) is 22.8. The molecule has 32 heavy (non-hydrogen) atoms. The van der Waals surface area contributed by atoms with E-state index in [4.69, 9.17) is 0 Å². The van der Waals surface area contributed by atoms with Crippen LogP contribution >= 0.6 is 23.5 Å². The lowest BCUT2D eigenvalue weighted by Gasteiger charge is -2.30. The van der Waals surface area contributed by atoms with Gasteiger partial charge in [-0.15, -0.1) is 0 Å². The predicted molar refractivity (Wildman–Crippen MR) is 137 cm³/mol. The third kappa shape index (κ3) is 8.28. The van der Waals surface area contributed by atoms with Crippen molar-refractivity contribution >= 4 is 29.4 Å². The van der Waals surface area contributed by atoms with Crippen LogP contribution in [0.5, 0.6) is 0 Å². The van der Waals surface area contributed by atoms with Gasteiger partial charge in [-0.25, -0.2) is 0 Å². The summed E-state index contributed by atoms with van der Waals surface area (Å²) in [5.74, 6) is 5.98. The lowest BCUT2D eigenvalue weighted by Crippen LogP contribution is -2.57. The maximum Gasteiger partial charge on any atom is 0.238 e. The van der Waals surface area contributed by atoms with Gasteiger partial charge >= 0.3 is 0 Å². The summed E-state index contributed by atoms with van der Waals surface area (Å²) in [6.45, 7) is 3.67. The van der Waals surface area contributed by atoms with Gasteiger partial charge < -0.3 is 20.5 Å². The molecule has 0 spiro atoms. The van der Waals surface area contributed by atoms with Gasteiger partial charge in [0, 0.05) is 36.4 Å². The van der Waals surface area contributed by atoms with Crippen molar-refractivity contribution in [1.29, 1.82) is 0 Å². The second-order valence-electron chi connectivity index (χ2n) is 9.29. The smallest absolute Gasteiger partial charge is 0.238 e. The van der Waals surface area contributed by atoms with Crippen LogP contribution in [0.3, 0.4) is 0 Å². The molecule has 3 unspecified atom stereocenters. The first-order valence-electron chi connectivity index (χ1n) is 12.2. The third-order valence-electron chi connectivity index (χ3n) is 6.76. The molecule has 8 heteroatoms. The summed E-state index contributed by atoms with van der Waals surface area (Å²) in [4.78, 5) is 12.8. The van der Waals surface area contributed by atoms with E-state index in [-0.39, 0.29) is 18.0 Å². The molecular formula is C24H42N3O3S2+. The van der Waals surface area contributed by atoms with E-state index in [1.54, 1.807) is 0 Å². The highest BCUT2D eigenvalue weighted by atomic mass is 32.2. The van der Waals surface area contributed by atoms with Crippen LogP contribution in [0.25, 0.3) is 0 Å². The maximum atomic E-state index is 12.8. The number of rotatable bonds is 11. The Labute approximate surface area is 202 Å². The summed E-state index contributed by atoms with van der Waals surface area (Å²) in [6, 6.07) is -0.477. The number of thioether (sulfide) groups is 2. The molecule has 6 nitrogen and oxygen atoms in total. The quantitative estimate of drug-likeness (QED) is 0.266. The number of carbonyl (C=O) groups is 1. The normalized spacial score (nSPS) is 26.6. The predicted octanol–water partition coefficient (Wildman–Crippen LogP) is 2.41. The van der Waals surface area contributed by atoms with Gasteiger partial charge in [-0.1, -0.05) is 37.8 Å². The largest absolute Gasteiger partial charge is 0.588 e. The zero-order valence-corrected chi connectivity index (χ0v) is 21.3. The first-order valence-corrected chi connectivity index (χ1v) is 14.5. The van der Waals surface area contributed by atoms with Crippen molar-refractivity contribution in [2.45, 2.75) is 63.8 Å². The van der Waals surface area contributed by atoms with Crippen LogP contribution in [0.15, 0.2) is 23.5 Å². The molecule has 182 valence electrons. The van der Waals surface area contributed by atoms with E-state index in [0.717, 1.165) is 47.7 Å². The number of carbonyl (C=O) groups excluding carboxylic acids is 1. The highest BCUT2D eigenvalue weighted by Gasteiger charge is 2.28. The molecule has 2 aliphatic carbocycles. The van der Waals surface area contributed by atoms with Crippen molar-refractivity contribution in [3.05, 3.63) is 23.5 Å². The molecule has 0 aromatic carbocycles. The number of allylic oxidation sites excluding steroid dienone is 3. The standard InChI is InChI=1S/C24H41N3O3S2/c1-17-12-20(30-2)9-8-19(17)13-26-23(28)22(16-32-14-18-6-4-3-5-7-18)27-24(29)21-15-31-11-10-25-21/h8-9,17-18,21-23,25-26,28H,3-7,10-16H2,1-2H3,(H,27,29)/p+1/t17?,21?,22-,23?/m0/s1. The van der Waals surface area contributed by atoms with Crippen LogP contribution in [-0.2, 0) is 4.79 Å². The Bertz CT molecular complexity index is 646. The van der Waals surface area contributed by atoms with E-state index in [1.807, 2.05) is 30.6 Å². The zero-order valence-electron chi connectivity index (χ0n) is 19.6. The van der Waals surface area contributed by atoms with E-state index in [1.165, 1.54) is 37.7 Å². The first-order chi connectivity index (χ1) is 15.6. The molecule has 5 N–H and O–H groups in total. The minimum absolute atomic E-state index is 0.00342. The molecule has 3 aliphatic rings. The highest BCUT2D eigenvalue weighted by Crippen LogP contribution is 2.27. The van der Waals surface area contributed by atoms with Crippen molar-refractivity contribution < 1.29 is 14.6 Å². The Morgan fingerprint density at radius 2 is 2.16 bits per heavy atom. The Morgan fingerprint density at radius 1 is 1.34 bits per heavy atom. The minimum Gasteiger partial charge on any atom is -0.588 e. The fourth-order valence-electron chi connectivity index (χ4n) is 4.59. The van der Waals surface area contributed by atoms with Gasteiger partial charge in [-0.3, -0.25) is 10.1 Å². The fraction of sp³-hybridized carbons (Fsp3) is 0.792. The lowest BCUT2D eigenvalue weighted by atomic mass is 9.91. The van der Waals surface area contributed by atoms with E-state index in [9.17, 15) is 9.90 Å². The van der Waals surface area contributed by atoms with Crippen LogP contribution in [0.2, 0.25) is 0 Å². The molecular weight excluding hydrogens is 442 g/mol. The summed E-state index contributed by atoms with van der Waals surface area (Å²) in [7, 11) is 1.83. The van der Waals surface area contributed by atoms with Gasteiger partial charge in [0.2, 0.25) is 11.7 Å². The summed E-state index contributed by atoms with van der Waals surface area (Å²) in [5.41, 5.74) is 1.27. The average Bonchev–Trinajstić information content (AvgIpc) is 2.83. The molecule has 1 aliphatic heterocycles. The van der Waals surface area contributed by atoms with Gasteiger partial charge in [0.1, 0.15) is 6.23 Å². The van der Waals surface area contributed by atoms with Crippen molar-refractivity contribution in [3.8, 4) is 0 Å². The van der Waals surface area contributed by atoms with Crippen molar-refractivity contribution in [2.24, 2.45) is 11.8 Å². The van der Waals surface area contributed by atoms with E-state index < -0.39 is 6.23 Å². The van der Waals surface area contributed by atoms with E-state index in [0.29, 0.717) is 12.5 Å². The van der Waals surface area contributed by atoms with Crippen molar-refractivity contribution in [1.82, 2.24) is 16.0 Å². The van der Waals surface area contributed by atoms with E-state index >= 15 is 0 Å². The number of ether oxygens (including phenoxy) is 1. The van der Waals surface area contributed by atoms with Crippen molar-refractivity contribution in [2.75, 3.05) is 43.2 Å². The van der Waals surface area contributed by atoms with Gasteiger partial charge in [-0.05, 0) is 30.4 Å². The van der Waals surface area contributed by atoms with Crippen LogP contribution in [0.4, 0.5) is 0 Å². The van der Waals surface area contributed by atoms with E-state index in [2.05, 4.69) is 39.8 Å². The Hall–Kier alpha value is -0.670. The number of nitrogens with one attached hydrogen (secondary N) is 3. The molecule has 0 aromatic rings. The average molecular weight is 485 g/mol. The van der Waals surface area contributed by atoms with Gasteiger partial charge in [-0.2, -0.15) is 23.5 Å². The highest BCUT2D eigenvalue weighted by molar-refractivity contribution is 7.99. The molecule has 0 radical (unpaired) electrons. The minimum atomic E-state index is -0.775. The van der Waals surface area contributed by atoms with Crippen LogP contribution < -0.4 is 16.0 Å². The fourth-order valence-corrected chi connectivity index (χ4v) is 6.84. The third-order valence-corrected chi connectivity index (χ3v) is 9.13. The van der Waals surface area contributed by atoms with Gasteiger partial charge in [0.15, 0.2) is 7.11 Å². The van der Waals surface area contributed by atoms with Crippen molar-refractivity contribution in [3.63, 3.8) is 0 Å². The number of hydrogen-bond acceptors (Lipinski definition) is 6. The molecule has 0 bridgehead atoms. The SMILES string of the molecule is C[OH+]C1=CC=C(CNC(O)[C@H](CSCC2CCCCC2)NC(=O)C2CSCCN2)C(C)C1. The molecule has 1 saturated carbocycles. The maximum absolute atomic E-state index is 12.8. The summed E-state index contributed by atoms with van der Waals surface area (Å²) in [6.07, 6.45) is 11.0. The topological polar surface area (TPSA) is 86.2 Å². The second-order valence-corrected chi connectivity index (χ2v) is 11.5. The summed E-state index contributed by atoms with van der Waals surface area (Å²) in [5, 5.41) is 20.7. The molecule has 0 aromatic heterocycles. The number of aliphatic hydroxyl groups is 3. The first kappa shape index (κ1) is 25.9. The van der Waals surface area contributed by atoms with Gasteiger partial charge in [0.05, 0.1) is 18.5 Å². The molecule has 1 heterocycles. The lowest BCUT2D eigenvalue weighted by molar-refractivity contribution is -0.124.